The van der Waals surface area contributed by atoms with Gasteiger partial charge in [0, 0.05) is 5.56 Å². The molecule has 1 amide bonds. The van der Waals surface area contributed by atoms with Crippen molar-refractivity contribution >= 4 is 27.5 Å². The molecule has 6 heteroatoms. The quantitative estimate of drug-likeness (QED) is 0.904. The highest BCUT2D eigenvalue weighted by Crippen LogP contribution is 2.34. The van der Waals surface area contributed by atoms with Crippen LogP contribution in [0.5, 0.6) is 5.75 Å². The van der Waals surface area contributed by atoms with Crippen LogP contribution in [-0.4, -0.2) is 19.6 Å². The summed E-state index contributed by atoms with van der Waals surface area (Å²) in [6, 6.07) is 7.61. The standard InChI is InChI=1S/C14H13BrN2O3/c1-16-13(9-4-5-19-14(9)15)8-2-3-11-10(6-8)17-12(18)7-20-11/h2-6,13,16H,7H2,1H3,(H,17,18). The van der Waals surface area contributed by atoms with Crippen LogP contribution in [0.2, 0.25) is 0 Å². The first-order valence-electron chi connectivity index (χ1n) is 6.16. The highest BCUT2D eigenvalue weighted by atomic mass is 79.9. The van der Waals surface area contributed by atoms with Crippen LogP contribution in [0.3, 0.4) is 0 Å². The number of nitrogens with one attached hydrogen (secondary N) is 2. The maximum absolute atomic E-state index is 11.4. The molecule has 3 rings (SSSR count). The van der Waals surface area contributed by atoms with Crippen LogP contribution in [0.15, 0.2) is 39.6 Å². The van der Waals surface area contributed by atoms with Crippen LogP contribution in [0.25, 0.3) is 0 Å². The molecular weight excluding hydrogens is 324 g/mol. The highest BCUT2D eigenvalue weighted by Gasteiger charge is 2.21. The van der Waals surface area contributed by atoms with Crippen LogP contribution in [-0.2, 0) is 4.79 Å². The highest BCUT2D eigenvalue weighted by molar-refractivity contribution is 9.10. The number of halogens is 1. The molecule has 0 fully saturated rings. The van der Waals surface area contributed by atoms with E-state index in [1.807, 2.05) is 31.3 Å². The Balaban J connectivity index is 1.99. The van der Waals surface area contributed by atoms with Gasteiger partial charge in [0.15, 0.2) is 11.3 Å². The Labute approximate surface area is 124 Å². The summed E-state index contributed by atoms with van der Waals surface area (Å²) in [6.45, 7) is 0.0646. The van der Waals surface area contributed by atoms with Crippen molar-refractivity contribution in [1.29, 1.82) is 0 Å². The third-order valence-electron chi connectivity index (χ3n) is 3.22. The minimum Gasteiger partial charge on any atom is -0.482 e. The SMILES string of the molecule is CNC(c1ccc2c(c1)NC(=O)CO2)c1ccoc1Br. The summed E-state index contributed by atoms with van der Waals surface area (Å²) in [7, 11) is 1.87. The first kappa shape index (κ1) is 13.2. The monoisotopic (exact) mass is 336 g/mol. The third-order valence-corrected chi connectivity index (χ3v) is 3.86. The van der Waals surface area contributed by atoms with Crippen molar-refractivity contribution in [2.24, 2.45) is 0 Å². The van der Waals surface area contributed by atoms with Crippen LogP contribution in [0.4, 0.5) is 5.69 Å². The van der Waals surface area contributed by atoms with Crippen molar-refractivity contribution in [2.75, 3.05) is 19.0 Å². The van der Waals surface area contributed by atoms with Crippen molar-refractivity contribution in [3.63, 3.8) is 0 Å². The maximum atomic E-state index is 11.4. The van der Waals surface area contributed by atoms with Crippen LogP contribution in [0.1, 0.15) is 17.2 Å². The van der Waals surface area contributed by atoms with E-state index in [1.54, 1.807) is 6.26 Å². The Morgan fingerprint density at radius 2 is 2.25 bits per heavy atom. The van der Waals surface area contributed by atoms with E-state index < -0.39 is 0 Å². The zero-order valence-electron chi connectivity index (χ0n) is 10.8. The number of benzene rings is 1. The van der Waals surface area contributed by atoms with Gasteiger partial charge < -0.3 is 19.8 Å². The number of carbonyl (C=O) groups is 1. The zero-order valence-corrected chi connectivity index (χ0v) is 12.4. The summed E-state index contributed by atoms with van der Waals surface area (Å²) in [5.74, 6) is 0.551. The molecule has 1 aromatic heterocycles. The fourth-order valence-electron chi connectivity index (χ4n) is 2.29. The topological polar surface area (TPSA) is 63.5 Å². The second kappa shape index (κ2) is 5.30. The van der Waals surface area contributed by atoms with Gasteiger partial charge in [0.1, 0.15) is 5.75 Å². The summed E-state index contributed by atoms with van der Waals surface area (Å²) in [6.07, 6.45) is 1.63. The number of carbonyl (C=O) groups excluding carboxylic acids is 1. The van der Waals surface area contributed by atoms with Gasteiger partial charge >= 0.3 is 0 Å². The molecule has 1 aromatic carbocycles. The average molecular weight is 337 g/mol. The number of furan rings is 1. The van der Waals surface area contributed by atoms with Gasteiger partial charge in [-0.25, -0.2) is 0 Å². The van der Waals surface area contributed by atoms with E-state index in [0.29, 0.717) is 16.1 Å². The van der Waals surface area contributed by atoms with E-state index in [9.17, 15) is 4.79 Å². The molecule has 0 bridgehead atoms. The summed E-state index contributed by atoms with van der Waals surface area (Å²) in [5, 5.41) is 6.05. The van der Waals surface area contributed by atoms with Crippen molar-refractivity contribution < 1.29 is 13.9 Å². The minimum absolute atomic E-state index is 0.0350. The number of fused-ring (bicyclic) bond motifs is 1. The first-order chi connectivity index (χ1) is 9.69. The second-order valence-corrected chi connectivity index (χ2v) is 5.18. The summed E-state index contributed by atoms with van der Waals surface area (Å²) in [5.41, 5.74) is 2.70. The first-order valence-corrected chi connectivity index (χ1v) is 6.95. The maximum Gasteiger partial charge on any atom is 0.262 e. The van der Waals surface area contributed by atoms with Gasteiger partial charge in [0.2, 0.25) is 0 Å². The van der Waals surface area contributed by atoms with Gasteiger partial charge in [-0.1, -0.05) is 6.07 Å². The lowest BCUT2D eigenvalue weighted by atomic mass is 10.0. The normalized spacial score (nSPS) is 15.2. The Morgan fingerprint density at radius 1 is 1.40 bits per heavy atom. The number of amides is 1. The molecule has 1 atom stereocenters. The molecule has 5 nitrogen and oxygen atoms in total. The van der Waals surface area contributed by atoms with Crippen molar-refractivity contribution in [3.8, 4) is 5.75 Å². The van der Waals surface area contributed by atoms with Gasteiger partial charge in [0.05, 0.1) is 18.0 Å². The molecule has 104 valence electrons. The molecule has 1 unspecified atom stereocenters. The lowest BCUT2D eigenvalue weighted by Gasteiger charge is -2.21. The molecule has 20 heavy (non-hydrogen) atoms. The fraction of sp³-hybridized carbons (Fsp3) is 0.214. The van der Waals surface area contributed by atoms with Crippen LogP contribution < -0.4 is 15.4 Å². The molecule has 0 spiro atoms. The number of rotatable bonds is 3. The van der Waals surface area contributed by atoms with Gasteiger partial charge in [0.25, 0.3) is 5.91 Å². The van der Waals surface area contributed by atoms with Crippen molar-refractivity contribution in [2.45, 2.75) is 6.04 Å². The second-order valence-electron chi connectivity index (χ2n) is 4.46. The zero-order chi connectivity index (χ0) is 14.1. The number of hydrogen-bond acceptors (Lipinski definition) is 4. The predicted octanol–water partition coefficient (Wildman–Crippen LogP) is 2.68. The molecule has 2 heterocycles. The van der Waals surface area contributed by atoms with Crippen molar-refractivity contribution in [1.82, 2.24) is 5.32 Å². The molecule has 0 aliphatic carbocycles. The Kier molecular flexibility index (Phi) is 3.50. The average Bonchev–Trinajstić information content (AvgIpc) is 2.86. The van der Waals surface area contributed by atoms with E-state index in [-0.39, 0.29) is 18.6 Å². The lowest BCUT2D eigenvalue weighted by Crippen LogP contribution is -2.26. The van der Waals surface area contributed by atoms with Crippen molar-refractivity contribution in [3.05, 3.63) is 46.3 Å². The van der Waals surface area contributed by atoms with Gasteiger partial charge in [-0.15, -0.1) is 0 Å². The van der Waals surface area contributed by atoms with Gasteiger partial charge in [-0.3, -0.25) is 4.79 Å². The third kappa shape index (κ3) is 2.32. The summed E-state index contributed by atoms with van der Waals surface area (Å²) >= 11 is 3.39. The van der Waals surface area contributed by atoms with E-state index in [1.165, 1.54) is 0 Å². The molecule has 2 N–H and O–H groups in total. The Hall–Kier alpha value is -1.79. The van der Waals surface area contributed by atoms with E-state index >= 15 is 0 Å². The lowest BCUT2D eigenvalue weighted by molar-refractivity contribution is -0.118. The smallest absolute Gasteiger partial charge is 0.262 e. The molecular formula is C14H13BrN2O3. The summed E-state index contributed by atoms with van der Waals surface area (Å²) in [4.78, 5) is 11.4. The fourth-order valence-corrected chi connectivity index (χ4v) is 2.76. The Morgan fingerprint density at radius 3 is 2.95 bits per heavy atom. The minimum atomic E-state index is -0.139. The number of hydrogen-bond donors (Lipinski definition) is 2. The largest absolute Gasteiger partial charge is 0.482 e. The van der Waals surface area contributed by atoms with E-state index in [0.717, 1.165) is 11.1 Å². The molecule has 0 radical (unpaired) electrons. The predicted molar refractivity (Wildman–Crippen MR) is 77.9 cm³/mol. The van der Waals surface area contributed by atoms with Crippen LogP contribution >= 0.6 is 15.9 Å². The van der Waals surface area contributed by atoms with Gasteiger partial charge in [-0.2, -0.15) is 0 Å². The van der Waals surface area contributed by atoms with E-state index in [2.05, 4.69) is 26.6 Å². The molecule has 1 aliphatic rings. The molecule has 1 aliphatic heterocycles. The van der Waals surface area contributed by atoms with Crippen LogP contribution in [0, 0.1) is 0 Å². The molecule has 0 saturated carbocycles. The van der Waals surface area contributed by atoms with Gasteiger partial charge in [-0.05, 0) is 46.7 Å². The van der Waals surface area contributed by atoms with E-state index in [4.69, 9.17) is 9.15 Å². The summed E-state index contributed by atoms with van der Waals surface area (Å²) < 4.78 is 11.3. The number of anilines is 1. The number of ether oxygens (including phenoxy) is 1. The Bertz CT molecular complexity index is 654. The molecule has 0 saturated heterocycles. The molecule has 2 aromatic rings.